The first-order valence-corrected chi connectivity index (χ1v) is 9.55. The fourth-order valence-electron chi connectivity index (χ4n) is 4.14. The maximum absolute atomic E-state index is 13.9. The Labute approximate surface area is 157 Å². The van der Waals surface area contributed by atoms with Crippen molar-refractivity contribution in [3.05, 3.63) is 52.3 Å². The summed E-state index contributed by atoms with van der Waals surface area (Å²) in [6.07, 6.45) is 4.46. The zero-order valence-electron chi connectivity index (χ0n) is 15.5. The molecule has 4 rings (SSSR count). The van der Waals surface area contributed by atoms with Crippen molar-refractivity contribution in [3.63, 3.8) is 0 Å². The number of amides is 1. The van der Waals surface area contributed by atoms with E-state index in [0.717, 1.165) is 56.1 Å². The predicted octanol–water partition coefficient (Wildman–Crippen LogP) is 2.58. The Hall–Kier alpha value is -2.28. The zero-order chi connectivity index (χ0) is 19.0. The highest BCUT2D eigenvalue weighted by Gasteiger charge is 2.31. The molecule has 2 heterocycles. The summed E-state index contributed by atoms with van der Waals surface area (Å²) in [5.41, 5.74) is 2.98. The van der Waals surface area contributed by atoms with Gasteiger partial charge in [0, 0.05) is 49.5 Å². The van der Waals surface area contributed by atoms with Crippen LogP contribution in [0.25, 0.3) is 0 Å². The van der Waals surface area contributed by atoms with Gasteiger partial charge in [-0.15, -0.1) is 0 Å². The Bertz CT molecular complexity index is 858. The maximum Gasteiger partial charge on any atom is 0.274 e. The van der Waals surface area contributed by atoms with Gasteiger partial charge in [-0.1, -0.05) is 12.1 Å². The largest absolute Gasteiger partial charge is 0.337 e. The van der Waals surface area contributed by atoms with Crippen LogP contribution in [0.15, 0.2) is 18.2 Å². The fourth-order valence-corrected chi connectivity index (χ4v) is 4.14. The van der Waals surface area contributed by atoms with E-state index in [1.54, 1.807) is 6.07 Å². The highest BCUT2D eigenvalue weighted by molar-refractivity contribution is 5.94. The Morgan fingerprint density at radius 3 is 2.85 bits per heavy atom. The van der Waals surface area contributed by atoms with E-state index in [1.807, 2.05) is 16.6 Å². The van der Waals surface area contributed by atoms with Gasteiger partial charge in [-0.25, -0.2) is 8.78 Å². The van der Waals surface area contributed by atoms with Gasteiger partial charge in [-0.3, -0.25) is 9.48 Å². The summed E-state index contributed by atoms with van der Waals surface area (Å²) in [5.74, 6) is -1.61. The minimum Gasteiger partial charge on any atom is -0.337 e. The number of hydrogen-bond donors (Lipinski definition) is 1. The van der Waals surface area contributed by atoms with E-state index in [1.165, 1.54) is 6.07 Å². The molecule has 1 N–H and O–H groups in total. The van der Waals surface area contributed by atoms with Crippen molar-refractivity contribution in [3.8, 4) is 0 Å². The number of likely N-dealkylation sites (tertiary alicyclic amines) is 1. The molecule has 2 aliphatic rings. The van der Waals surface area contributed by atoms with Crippen LogP contribution in [0.3, 0.4) is 0 Å². The molecular weight excluding hydrogens is 350 g/mol. The molecule has 0 spiro atoms. The molecule has 1 aromatic carbocycles. The molecule has 2 aromatic rings. The summed E-state index contributed by atoms with van der Waals surface area (Å²) in [5, 5.41) is 7.83. The molecule has 1 aliphatic carbocycles. The van der Waals surface area contributed by atoms with Crippen LogP contribution in [0.4, 0.5) is 8.78 Å². The molecule has 1 atom stereocenters. The van der Waals surface area contributed by atoms with Crippen LogP contribution in [0.1, 0.15) is 46.6 Å². The van der Waals surface area contributed by atoms with Crippen molar-refractivity contribution in [1.82, 2.24) is 20.0 Å². The van der Waals surface area contributed by atoms with Crippen molar-refractivity contribution in [2.45, 2.75) is 44.7 Å². The van der Waals surface area contributed by atoms with Crippen LogP contribution < -0.4 is 5.32 Å². The van der Waals surface area contributed by atoms with Crippen molar-refractivity contribution >= 4 is 5.91 Å². The second kappa shape index (κ2) is 7.38. The molecule has 1 aromatic heterocycles. The molecule has 1 unspecified atom stereocenters. The number of rotatable bonds is 4. The van der Waals surface area contributed by atoms with Crippen molar-refractivity contribution < 1.29 is 13.6 Å². The number of nitrogens with zero attached hydrogens (tertiary/aromatic N) is 3. The number of carbonyl (C=O) groups excluding carboxylic acids is 1. The Morgan fingerprint density at radius 1 is 1.30 bits per heavy atom. The van der Waals surface area contributed by atoms with Gasteiger partial charge in [0.2, 0.25) is 0 Å². The van der Waals surface area contributed by atoms with E-state index in [2.05, 4.69) is 10.4 Å². The van der Waals surface area contributed by atoms with Crippen molar-refractivity contribution in [2.75, 3.05) is 13.1 Å². The fraction of sp³-hybridized carbons (Fsp3) is 0.500. The van der Waals surface area contributed by atoms with Gasteiger partial charge in [0.25, 0.3) is 5.91 Å². The van der Waals surface area contributed by atoms with E-state index in [9.17, 15) is 13.6 Å². The third-order valence-electron chi connectivity index (χ3n) is 5.66. The lowest BCUT2D eigenvalue weighted by Crippen LogP contribution is -2.36. The number of hydrogen-bond acceptors (Lipinski definition) is 3. The smallest absolute Gasteiger partial charge is 0.274 e. The molecular formula is C20H24F2N4O. The quantitative estimate of drug-likeness (QED) is 0.895. The average Bonchev–Trinajstić information content (AvgIpc) is 3.31. The second-order valence-corrected chi connectivity index (χ2v) is 7.43. The minimum atomic E-state index is -0.828. The lowest BCUT2D eigenvalue weighted by molar-refractivity contribution is 0.0785. The molecule has 1 aliphatic heterocycles. The molecule has 144 valence electrons. The number of halogens is 2. The van der Waals surface area contributed by atoms with E-state index in [-0.39, 0.29) is 18.5 Å². The number of benzene rings is 1. The maximum atomic E-state index is 13.9. The van der Waals surface area contributed by atoms with Crippen LogP contribution in [-0.2, 0) is 26.4 Å². The first-order chi connectivity index (χ1) is 13.0. The van der Waals surface area contributed by atoms with Crippen LogP contribution in [-0.4, -0.2) is 39.7 Å². The molecule has 0 radical (unpaired) electrons. The second-order valence-electron chi connectivity index (χ2n) is 7.43. The van der Waals surface area contributed by atoms with E-state index in [4.69, 9.17) is 0 Å². The first kappa shape index (κ1) is 18.1. The van der Waals surface area contributed by atoms with E-state index >= 15 is 0 Å². The molecule has 0 bridgehead atoms. The van der Waals surface area contributed by atoms with Crippen LogP contribution in [0, 0.1) is 11.6 Å². The summed E-state index contributed by atoms with van der Waals surface area (Å²) in [6.45, 7) is 1.86. The predicted molar refractivity (Wildman–Crippen MR) is 97.4 cm³/mol. The highest BCUT2D eigenvalue weighted by Crippen LogP contribution is 2.26. The summed E-state index contributed by atoms with van der Waals surface area (Å²) < 4.78 is 29.1. The van der Waals surface area contributed by atoms with Gasteiger partial charge in [-0.2, -0.15) is 5.10 Å². The monoisotopic (exact) mass is 374 g/mol. The van der Waals surface area contributed by atoms with Crippen LogP contribution in [0.5, 0.6) is 0 Å². The molecule has 1 fully saturated rings. The Morgan fingerprint density at radius 2 is 2.07 bits per heavy atom. The van der Waals surface area contributed by atoms with Gasteiger partial charge >= 0.3 is 0 Å². The molecule has 1 saturated heterocycles. The molecule has 5 nitrogen and oxygen atoms in total. The number of aromatic nitrogens is 2. The molecule has 27 heavy (non-hydrogen) atoms. The van der Waals surface area contributed by atoms with Gasteiger partial charge in [0.05, 0.1) is 0 Å². The summed E-state index contributed by atoms with van der Waals surface area (Å²) >= 11 is 0. The van der Waals surface area contributed by atoms with Gasteiger partial charge < -0.3 is 10.2 Å². The Balaban J connectivity index is 1.49. The number of nitrogens with one attached hydrogen (secondary N) is 1. The number of fused-ring (bicyclic) bond motifs is 1. The lowest BCUT2D eigenvalue weighted by atomic mass is 9.91. The lowest BCUT2D eigenvalue weighted by Gasteiger charge is -2.25. The van der Waals surface area contributed by atoms with Gasteiger partial charge in [0.15, 0.2) is 17.3 Å². The molecule has 0 saturated carbocycles. The summed E-state index contributed by atoms with van der Waals surface area (Å²) in [7, 11) is 1.88. The van der Waals surface area contributed by atoms with Crippen molar-refractivity contribution in [2.24, 2.45) is 7.05 Å². The molecule has 7 heteroatoms. The van der Waals surface area contributed by atoms with E-state index in [0.29, 0.717) is 17.7 Å². The summed E-state index contributed by atoms with van der Waals surface area (Å²) in [6, 6.07) is 4.33. The zero-order valence-corrected chi connectivity index (χ0v) is 15.5. The third-order valence-corrected chi connectivity index (χ3v) is 5.66. The Kier molecular flexibility index (Phi) is 4.95. The van der Waals surface area contributed by atoms with E-state index < -0.39 is 11.6 Å². The minimum absolute atomic E-state index is 0.0150. The van der Waals surface area contributed by atoms with Gasteiger partial charge in [0.1, 0.15) is 0 Å². The SMILES string of the molecule is Cn1nc(C(=O)N2CCCC2)c2c1CCC(NCc1cccc(F)c1F)C2. The average molecular weight is 374 g/mol. The highest BCUT2D eigenvalue weighted by atomic mass is 19.2. The van der Waals surface area contributed by atoms with Crippen LogP contribution >= 0.6 is 0 Å². The first-order valence-electron chi connectivity index (χ1n) is 9.55. The van der Waals surface area contributed by atoms with Crippen molar-refractivity contribution in [1.29, 1.82) is 0 Å². The van der Waals surface area contributed by atoms with Gasteiger partial charge in [-0.05, 0) is 38.2 Å². The number of aryl methyl sites for hydroxylation is 1. The van der Waals surface area contributed by atoms with Crippen LogP contribution in [0.2, 0.25) is 0 Å². The standard InChI is InChI=1S/C20H24F2N4O/c1-25-17-8-7-14(23-12-13-5-4-6-16(21)18(13)22)11-15(17)19(24-25)20(27)26-9-2-3-10-26/h4-6,14,23H,2-3,7-12H2,1H3. The summed E-state index contributed by atoms with van der Waals surface area (Å²) in [4.78, 5) is 14.7. The normalized spacial score (nSPS) is 19.4. The number of carbonyl (C=O) groups is 1. The molecule has 1 amide bonds. The topological polar surface area (TPSA) is 50.2 Å². The third kappa shape index (κ3) is 3.48.